The lowest BCUT2D eigenvalue weighted by Crippen LogP contribution is -2.39. The third-order valence-electron chi connectivity index (χ3n) is 5.76. The molecule has 2 aromatic carbocycles. The number of fused-ring (bicyclic) bond motifs is 1. The number of hydrogen-bond acceptors (Lipinski definition) is 4. The van der Waals surface area contributed by atoms with Crippen LogP contribution < -0.4 is 0 Å². The lowest BCUT2D eigenvalue weighted by atomic mass is 10.1. The number of likely N-dealkylation sites (N-methyl/N-ethyl adjacent to an activating group) is 2. The number of amides is 1. The minimum atomic E-state index is -3.77. The molecule has 1 saturated carbocycles. The first kappa shape index (κ1) is 20.6. The summed E-state index contributed by atoms with van der Waals surface area (Å²) < 4.78 is 32.8. The number of carbonyl (C=O) groups is 1. The second kappa shape index (κ2) is 7.89. The summed E-state index contributed by atoms with van der Waals surface area (Å²) in [7, 11) is -0.695. The molecule has 2 unspecified atom stereocenters. The molecule has 0 N–H and O–H groups in total. The fourth-order valence-corrected chi connectivity index (χ4v) is 4.78. The van der Waals surface area contributed by atoms with E-state index in [4.69, 9.17) is 4.42 Å². The number of sulfonamides is 1. The fourth-order valence-electron chi connectivity index (χ4n) is 3.62. The summed E-state index contributed by atoms with van der Waals surface area (Å²) in [5, 5.41) is 1.81. The first-order valence-electron chi connectivity index (χ1n) is 10.0. The maximum Gasteiger partial charge on any atom is 0.243 e. The molecule has 3 aromatic rings. The van der Waals surface area contributed by atoms with Crippen molar-refractivity contribution in [1.29, 1.82) is 0 Å². The highest BCUT2D eigenvalue weighted by Crippen LogP contribution is 2.47. The number of furan rings is 1. The Hall–Kier alpha value is -2.64. The number of nitrogens with zero attached hydrogens (tertiary/aromatic N) is 2. The third-order valence-corrected chi connectivity index (χ3v) is 7.56. The largest absolute Gasteiger partial charge is 0.464 e. The third kappa shape index (κ3) is 4.13. The Bertz CT molecular complexity index is 1180. The average Bonchev–Trinajstić information content (AvgIpc) is 3.28. The van der Waals surface area contributed by atoms with E-state index in [-0.39, 0.29) is 17.3 Å². The summed E-state index contributed by atoms with van der Waals surface area (Å²) in [4.78, 5) is 14.3. The molecule has 1 aliphatic rings. The van der Waals surface area contributed by atoms with Gasteiger partial charge in [-0.1, -0.05) is 37.3 Å². The van der Waals surface area contributed by atoms with Crippen molar-refractivity contribution in [1.82, 2.24) is 9.21 Å². The minimum Gasteiger partial charge on any atom is -0.464 e. The Labute approximate surface area is 177 Å². The molecule has 1 amide bonds. The van der Waals surface area contributed by atoms with Gasteiger partial charge in [0.15, 0.2) is 0 Å². The summed E-state index contributed by atoms with van der Waals surface area (Å²) in [6.07, 6.45) is 1.14. The minimum absolute atomic E-state index is 0.174. The maximum absolute atomic E-state index is 12.9. The van der Waals surface area contributed by atoms with Gasteiger partial charge in [0.2, 0.25) is 15.9 Å². The summed E-state index contributed by atoms with van der Waals surface area (Å²) in [5.74, 6) is 2.52. The smallest absolute Gasteiger partial charge is 0.243 e. The molecule has 2 atom stereocenters. The van der Waals surface area contributed by atoms with E-state index in [1.165, 1.54) is 11.9 Å². The van der Waals surface area contributed by atoms with Crippen LogP contribution in [0.2, 0.25) is 0 Å². The molecule has 0 radical (unpaired) electrons. The predicted molar refractivity (Wildman–Crippen MR) is 115 cm³/mol. The van der Waals surface area contributed by atoms with Crippen LogP contribution in [0.5, 0.6) is 0 Å². The molecule has 0 saturated heterocycles. The Morgan fingerprint density at radius 1 is 1.07 bits per heavy atom. The zero-order valence-corrected chi connectivity index (χ0v) is 18.2. The summed E-state index contributed by atoms with van der Waals surface area (Å²) >= 11 is 0. The summed E-state index contributed by atoms with van der Waals surface area (Å²) in [6.45, 7) is 2.26. The maximum atomic E-state index is 12.9. The number of carbonyl (C=O) groups excluding carboxylic acids is 1. The zero-order chi connectivity index (χ0) is 21.5. The standard InChI is InChI=1S/C23H26N2O4S/c1-16-12-21(16)22-11-9-19(29-22)14-24(2)23(26)15-25(3)30(27,28)20-10-8-17-6-4-5-7-18(17)13-20/h4-11,13,16,21H,12,14-15H2,1-3H3. The number of benzene rings is 2. The van der Waals surface area contributed by atoms with E-state index >= 15 is 0 Å². The van der Waals surface area contributed by atoms with Crippen LogP contribution in [-0.4, -0.2) is 44.2 Å². The van der Waals surface area contributed by atoms with E-state index in [2.05, 4.69) is 6.92 Å². The molecular formula is C23H26N2O4S. The summed E-state index contributed by atoms with van der Waals surface area (Å²) in [6, 6.07) is 16.4. The van der Waals surface area contributed by atoms with E-state index in [0.29, 0.717) is 24.1 Å². The van der Waals surface area contributed by atoms with Gasteiger partial charge in [-0.2, -0.15) is 4.31 Å². The molecule has 7 heteroatoms. The van der Waals surface area contributed by atoms with Crippen LogP contribution in [-0.2, 0) is 21.4 Å². The van der Waals surface area contributed by atoms with Crippen molar-refractivity contribution < 1.29 is 17.6 Å². The molecule has 0 bridgehead atoms. The monoisotopic (exact) mass is 426 g/mol. The van der Waals surface area contributed by atoms with Crippen molar-refractivity contribution in [3.63, 3.8) is 0 Å². The number of rotatable bonds is 7. The fraction of sp³-hybridized carbons (Fsp3) is 0.348. The Kier molecular flexibility index (Phi) is 5.42. The molecule has 1 aliphatic carbocycles. The number of hydrogen-bond donors (Lipinski definition) is 0. The van der Waals surface area contributed by atoms with Gasteiger partial charge in [-0.3, -0.25) is 4.79 Å². The van der Waals surface area contributed by atoms with Crippen molar-refractivity contribution >= 4 is 26.7 Å². The Morgan fingerprint density at radius 2 is 1.77 bits per heavy atom. The van der Waals surface area contributed by atoms with Gasteiger partial charge in [0, 0.05) is 20.0 Å². The van der Waals surface area contributed by atoms with Crippen LogP contribution in [0, 0.1) is 5.92 Å². The lowest BCUT2D eigenvalue weighted by molar-refractivity contribution is -0.130. The molecular weight excluding hydrogens is 400 g/mol. The Morgan fingerprint density at radius 3 is 2.47 bits per heavy atom. The van der Waals surface area contributed by atoms with Gasteiger partial charge in [-0.15, -0.1) is 0 Å². The van der Waals surface area contributed by atoms with E-state index < -0.39 is 10.0 Å². The first-order valence-corrected chi connectivity index (χ1v) is 11.5. The average molecular weight is 427 g/mol. The highest BCUT2D eigenvalue weighted by molar-refractivity contribution is 7.89. The molecule has 30 heavy (non-hydrogen) atoms. The summed E-state index contributed by atoms with van der Waals surface area (Å²) in [5.41, 5.74) is 0. The van der Waals surface area contributed by atoms with Gasteiger partial charge in [0.05, 0.1) is 18.0 Å². The van der Waals surface area contributed by atoms with Crippen molar-refractivity contribution in [2.24, 2.45) is 5.92 Å². The van der Waals surface area contributed by atoms with E-state index in [1.54, 1.807) is 25.2 Å². The quantitative estimate of drug-likeness (QED) is 0.576. The first-order chi connectivity index (χ1) is 14.3. The van der Waals surface area contributed by atoms with Gasteiger partial charge in [-0.25, -0.2) is 8.42 Å². The van der Waals surface area contributed by atoms with Crippen molar-refractivity contribution in [3.8, 4) is 0 Å². The highest BCUT2D eigenvalue weighted by atomic mass is 32.2. The van der Waals surface area contributed by atoms with Crippen LogP contribution in [0.4, 0.5) is 0 Å². The van der Waals surface area contributed by atoms with Crippen LogP contribution >= 0.6 is 0 Å². The molecule has 0 spiro atoms. The van der Waals surface area contributed by atoms with Crippen LogP contribution in [0.3, 0.4) is 0 Å². The zero-order valence-electron chi connectivity index (χ0n) is 17.4. The molecule has 6 nitrogen and oxygen atoms in total. The van der Waals surface area contributed by atoms with E-state index in [1.807, 2.05) is 36.4 Å². The molecule has 1 fully saturated rings. The van der Waals surface area contributed by atoms with Gasteiger partial charge in [-0.05, 0) is 47.4 Å². The van der Waals surface area contributed by atoms with Crippen LogP contribution in [0.25, 0.3) is 10.8 Å². The molecule has 0 aliphatic heterocycles. The molecule has 1 aromatic heterocycles. The van der Waals surface area contributed by atoms with E-state index in [0.717, 1.165) is 27.3 Å². The van der Waals surface area contributed by atoms with Crippen molar-refractivity contribution in [3.05, 3.63) is 66.1 Å². The van der Waals surface area contributed by atoms with Gasteiger partial charge >= 0.3 is 0 Å². The van der Waals surface area contributed by atoms with Gasteiger partial charge in [0.1, 0.15) is 11.5 Å². The second-order valence-corrected chi connectivity index (χ2v) is 10.2. The second-order valence-electron chi connectivity index (χ2n) is 8.14. The van der Waals surface area contributed by atoms with Crippen LogP contribution in [0.1, 0.15) is 30.8 Å². The SMILES string of the molecule is CC1CC1c1ccc(CN(C)C(=O)CN(C)S(=O)(=O)c2ccc3ccccc3c2)o1. The van der Waals surface area contributed by atoms with Crippen molar-refractivity contribution in [2.45, 2.75) is 30.7 Å². The van der Waals surface area contributed by atoms with Gasteiger partial charge < -0.3 is 9.32 Å². The van der Waals surface area contributed by atoms with Crippen molar-refractivity contribution in [2.75, 3.05) is 20.6 Å². The van der Waals surface area contributed by atoms with E-state index in [9.17, 15) is 13.2 Å². The Balaban J connectivity index is 1.41. The normalized spacial score (nSPS) is 18.7. The molecule has 158 valence electrons. The molecule has 1 heterocycles. The van der Waals surface area contributed by atoms with Gasteiger partial charge in [0.25, 0.3) is 0 Å². The molecule has 4 rings (SSSR count). The predicted octanol–water partition coefficient (Wildman–Crippen LogP) is 3.84. The topological polar surface area (TPSA) is 70.8 Å². The van der Waals surface area contributed by atoms with Crippen LogP contribution in [0.15, 0.2) is 63.9 Å². The lowest BCUT2D eigenvalue weighted by Gasteiger charge is -2.21. The highest BCUT2D eigenvalue weighted by Gasteiger charge is 2.36.